The standard InChI is InChI=1S/C21H24ClN3O3/c1-14(16-5-3-2-4-6-16)24-19(26)11-12-20(27)25-18(21(23)28)13-15-7-9-17(22)10-8-15/h2-10,14,18H,11-13H2,1H3,(H2,23,28)(H,24,26)(H,25,27)/t14-,18+/m1/s1. The van der Waals surface area contributed by atoms with E-state index >= 15 is 0 Å². The smallest absolute Gasteiger partial charge is 0.240 e. The van der Waals surface area contributed by atoms with Gasteiger partial charge in [0.15, 0.2) is 0 Å². The fraction of sp³-hybridized carbons (Fsp3) is 0.286. The summed E-state index contributed by atoms with van der Waals surface area (Å²) in [5, 5.41) is 6.03. The van der Waals surface area contributed by atoms with Gasteiger partial charge in [-0.2, -0.15) is 0 Å². The molecule has 2 atom stereocenters. The SMILES string of the molecule is C[C@@H](NC(=O)CCC(=O)N[C@@H](Cc1ccc(Cl)cc1)C(N)=O)c1ccccc1. The van der Waals surface area contributed by atoms with Crippen LogP contribution in [0.2, 0.25) is 5.02 Å². The first kappa shape index (κ1) is 21.4. The van der Waals surface area contributed by atoms with Crippen molar-refractivity contribution < 1.29 is 14.4 Å². The van der Waals surface area contributed by atoms with Gasteiger partial charge in [-0.15, -0.1) is 0 Å². The Balaban J connectivity index is 1.81. The van der Waals surface area contributed by atoms with E-state index in [-0.39, 0.29) is 31.2 Å². The third-order valence-electron chi connectivity index (χ3n) is 4.29. The van der Waals surface area contributed by atoms with Gasteiger partial charge in [0, 0.05) is 24.3 Å². The Hall–Kier alpha value is -2.86. The van der Waals surface area contributed by atoms with E-state index in [0.717, 1.165) is 11.1 Å². The Bertz CT molecular complexity index is 809. The first-order valence-electron chi connectivity index (χ1n) is 9.02. The summed E-state index contributed by atoms with van der Waals surface area (Å²) in [4.78, 5) is 35.9. The number of benzene rings is 2. The van der Waals surface area contributed by atoms with Gasteiger partial charge in [0.05, 0.1) is 6.04 Å². The summed E-state index contributed by atoms with van der Waals surface area (Å²) in [7, 11) is 0. The van der Waals surface area contributed by atoms with Crippen LogP contribution in [0, 0.1) is 0 Å². The topological polar surface area (TPSA) is 101 Å². The molecule has 0 spiro atoms. The molecule has 0 unspecified atom stereocenters. The first-order valence-corrected chi connectivity index (χ1v) is 9.40. The molecule has 0 radical (unpaired) electrons. The molecule has 28 heavy (non-hydrogen) atoms. The quantitative estimate of drug-likeness (QED) is 0.601. The molecule has 0 heterocycles. The Kier molecular flexibility index (Phi) is 8.02. The lowest BCUT2D eigenvalue weighted by Crippen LogP contribution is -2.46. The van der Waals surface area contributed by atoms with E-state index in [1.165, 1.54) is 0 Å². The lowest BCUT2D eigenvalue weighted by atomic mass is 10.1. The minimum absolute atomic E-state index is 0.0232. The van der Waals surface area contributed by atoms with E-state index in [9.17, 15) is 14.4 Å². The fourth-order valence-corrected chi connectivity index (χ4v) is 2.84. The van der Waals surface area contributed by atoms with Gasteiger partial charge in [0.2, 0.25) is 17.7 Å². The van der Waals surface area contributed by atoms with Gasteiger partial charge in [-0.1, -0.05) is 54.1 Å². The van der Waals surface area contributed by atoms with Crippen LogP contribution in [-0.4, -0.2) is 23.8 Å². The van der Waals surface area contributed by atoms with E-state index < -0.39 is 17.9 Å². The van der Waals surface area contributed by atoms with Crippen LogP contribution in [0.1, 0.15) is 36.9 Å². The molecule has 0 saturated carbocycles. The summed E-state index contributed by atoms with van der Waals surface area (Å²) in [6.07, 6.45) is 0.253. The van der Waals surface area contributed by atoms with Gasteiger partial charge in [0.25, 0.3) is 0 Å². The van der Waals surface area contributed by atoms with Crippen LogP contribution in [0.3, 0.4) is 0 Å². The monoisotopic (exact) mass is 401 g/mol. The number of hydrogen-bond donors (Lipinski definition) is 3. The van der Waals surface area contributed by atoms with Crippen molar-refractivity contribution in [2.75, 3.05) is 0 Å². The second-order valence-electron chi connectivity index (χ2n) is 6.55. The van der Waals surface area contributed by atoms with Crippen molar-refractivity contribution in [1.82, 2.24) is 10.6 Å². The molecular weight excluding hydrogens is 378 g/mol. The number of carbonyl (C=O) groups excluding carboxylic acids is 3. The highest BCUT2D eigenvalue weighted by Crippen LogP contribution is 2.12. The van der Waals surface area contributed by atoms with E-state index in [4.69, 9.17) is 17.3 Å². The Morgan fingerprint density at radius 3 is 2.07 bits per heavy atom. The number of hydrogen-bond acceptors (Lipinski definition) is 3. The minimum atomic E-state index is -0.847. The molecule has 0 bridgehead atoms. The summed E-state index contributed by atoms with van der Waals surface area (Å²) in [6.45, 7) is 1.88. The van der Waals surface area contributed by atoms with Gasteiger partial charge in [-0.25, -0.2) is 0 Å². The van der Waals surface area contributed by atoms with Gasteiger partial charge >= 0.3 is 0 Å². The number of carbonyl (C=O) groups is 3. The zero-order valence-electron chi connectivity index (χ0n) is 15.7. The van der Waals surface area contributed by atoms with Crippen LogP contribution >= 0.6 is 11.6 Å². The van der Waals surface area contributed by atoms with E-state index in [2.05, 4.69) is 10.6 Å². The maximum Gasteiger partial charge on any atom is 0.240 e. The van der Waals surface area contributed by atoms with Crippen LogP contribution < -0.4 is 16.4 Å². The molecule has 2 aromatic rings. The molecule has 0 aromatic heterocycles. The molecule has 0 saturated heterocycles. The van der Waals surface area contributed by atoms with Crippen LogP contribution in [0.15, 0.2) is 54.6 Å². The van der Waals surface area contributed by atoms with Crippen molar-refractivity contribution in [3.8, 4) is 0 Å². The summed E-state index contributed by atoms with van der Waals surface area (Å²) in [6, 6.07) is 15.5. The third-order valence-corrected chi connectivity index (χ3v) is 4.54. The van der Waals surface area contributed by atoms with Gasteiger partial charge in [-0.3, -0.25) is 14.4 Å². The number of primary amides is 1. The largest absolute Gasteiger partial charge is 0.368 e. The van der Waals surface area contributed by atoms with Crippen molar-refractivity contribution >= 4 is 29.3 Å². The summed E-state index contributed by atoms with van der Waals surface area (Å²) in [5.74, 6) is -1.27. The van der Waals surface area contributed by atoms with Gasteiger partial charge in [0.1, 0.15) is 6.04 Å². The van der Waals surface area contributed by atoms with E-state index in [0.29, 0.717) is 5.02 Å². The maximum atomic E-state index is 12.1. The third kappa shape index (κ3) is 7.04. The zero-order valence-corrected chi connectivity index (χ0v) is 16.4. The van der Waals surface area contributed by atoms with Crippen molar-refractivity contribution in [2.45, 2.75) is 38.3 Å². The van der Waals surface area contributed by atoms with Crippen molar-refractivity contribution in [1.29, 1.82) is 0 Å². The highest BCUT2D eigenvalue weighted by atomic mass is 35.5. The normalized spacial score (nSPS) is 12.6. The van der Waals surface area contributed by atoms with Crippen molar-refractivity contribution in [3.05, 3.63) is 70.7 Å². The maximum absolute atomic E-state index is 12.1. The van der Waals surface area contributed by atoms with E-state index in [1.807, 2.05) is 37.3 Å². The molecule has 0 fully saturated rings. The predicted molar refractivity (Wildman–Crippen MR) is 109 cm³/mol. The van der Waals surface area contributed by atoms with Crippen LogP contribution in [-0.2, 0) is 20.8 Å². The molecule has 3 amide bonds. The highest BCUT2D eigenvalue weighted by molar-refractivity contribution is 6.30. The summed E-state index contributed by atoms with van der Waals surface area (Å²) < 4.78 is 0. The molecule has 0 aliphatic rings. The highest BCUT2D eigenvalue weighted by Gasteiger charge is 2.19. The van der Waals surface area contributed by atoms with Gasteiger partial charge in [-0.05, 0) is 30.2 Å². The fourth-order valence-electron chi connectivity index (χ4n) is 2.71. The summed E-state index contributed by atoms with van der Waals surface area (Å²) in [5.41, 5.74) is 7.20. The number of nitrogens with two attached hydrogens (primary N) is 1. The molecule has 7 heteroatoms. The zero-order chi connectivity index (χ0) is 20.5. The average molecular weight is 402 g/mol. The number of rotatable bonds is 9. The van der Waals surface area contributed by atoms with Crippen LogP contribution in [0.5, 0.6) is 0 Å². The molecule has 4 N–H and O–H groups in total. The Morgan fingerprint density at radius 2 is 1.50 bits per heavy atom. The predicted octanol–water partition coefficient (Wildman–Crippen LogP) is 2.51. The molecule has 2 aromatic carbocycles. The van der Waals surface area contributed by atoms with Crippen molar-refractivity contribution in [2.24, 2.45) is 5.73 Å². The Labute approximate surface area is 169 Å². The minimum Gasteiger partial charge on any atom is -0.368 e. The summed E-state index contributed by atoms with van der Waals surface area (Å²) >= 11 is 5.84. The Morgan fingerprint density at radius 1 is 0.929 bits per heavy atom. The molecule has 6 nitrogen and oxygen atoms in total. The molecule has 0 aliphatic carbocycles. The number of amides is 3. The number of nitrogens with one attached hydrogen (secondary N) is 2. The van der Waals surface area contributed by atoms with Gasteiger partial charge < -0.3 is 16.4 Å². The first-order chi connectivity index (χ1) is 13.3. The second-order valence-corrected chi connectivity index (χ2v) is 6.99. The number of halogens is 1. The van der Waals surface area contributed by atoms with E-state index in [1.54, 1.807) is 24.3 Å². The molecule has 2 rings (SSSR count). The molecular formula is C21H24ClN3O3. The molecule has 148 valence electrons. The lowest BCUT2D eigenvalue weighted by Gasteiger charge is -2.16. The van der Waals surface area contributed by atoms with Crippen LogP contribution in [0.25, 0.3) is 0 Å². The molecule has 0 aliphatic heterocycles. The van der Waals surface area contributed by atoms with Crippen LogP contribution in [0.4, 0.5) is 0 Å². The second kappa shape index (κ2) is 10.5. The average Bonchev–Trinajstić information content (AvgIpc) is 2.68. The van der Waals surface area contributed by atoms with Crippen molar-refractivity contribution in [3.63, 3.8) is 0 Å². The lowest BCUT2D eigenvalue weighted by molar-refractivity contribution is -0.129.